The summed E-state index contributed by atoms with van der Waals surface area (Å²) < 4.78 is 18.5. The van der Waals surface area contributed by atoms with Gasteiger partial charge in [0.1, 0.15) is 11.2 Å². The Morgan fingerprint density at radius 3 is 2.54 bits per heavy atom. The average molecular weight is 461 g/mol. The first-order valence-corrected chi connectivity index (χ1v) is 12.1. The molecule has 4 aromatic rings. The standard InChI is InChI=1S/C30H28BNO3/c1-20-10-6-5-7-11-22-12-8-9-13-27(22)32(20)24-15-17-29-26(19-24)25-18-23(14-16-28(25)33-29)31-34-21(2)30(3,4)35-31/h5-10,12-19,21H,1,11H2,2-4H3/b7-5-,10-6-. The zero-order chi connectivity index (χ0) is 24.2. The molecule has 5 heteroatoms. The normalized spacial score (nSPS) is 21.6. The molecule has 1 fully saturated rings. The van der Waals surface area contributed by atoms with Crippen LogP contribution in [-0.2, 0) is 15.7 Å². The fourth-order valence-electron chi connectivity index (χ4n) is 4.84. The molecule has 2 aliphatic rings. The van der Waals surface area contributed by atoms with Crippen LogP contribution < -0.4 is 10.4 Å². The van der Waals surface area contributed by atoms with Crippen molar-refractivity contribution in [3.63, 3.8) is 0 Å². The predicted molar refractivity (Wildman–Crippen MR) is 145 cm³/mol. The number of fused-ring (bicyclic) bond motifs is 4. The number of furan rings is 1. The van der Waals surface area contributed by atoms with Gasteiger partial charge in [0, 0.05) is 27.8 Å². The SMILES string of the molecule is C=C1/C=C\C=C/Cc2ccccc2N1c1ccc2oc3ccc(B4OC(C)C(C)(C)O4)cc3c2c1. The predicted octanol–water partition coefficient (Wildman–Crippen LogP) is 6.82. The number of rotatable bonds is 2. The van der Waals surface area contributed by atoms with Crippen molar-refractivity contribution >= 4 is 45.9 Å². The van der Waals surface area contributed by atoms with Crippen LogP contribution in [0, 0.1) is 0 Å². The van der Waals surface area contributed by atoms with Crippen LogP contribution in [0.3, 0.4) is 0 Å². The van der Waals surface area contributed by atoms with Crippen molar-refractivity contribution in [2.75, 3.05) is 4.90 Å². The molecule has 1 unspecified atom stereocenters. The van der Waals surface area contributed by atoms with Crippen LogP contribution in [0.5, 0.6) is 0 Å². The molecule has 1 atom stereocenters. The van der Waals surface area contributed by atoms with Gasteiger partial charge in [-0.3, -0.25) is 0 Å². The van der Waals surface area contributed by atoms with Gasteiger partial charge in [0.15, 0.2) is 0 Å². The van der Waals surface area contributed by atoms with Gasteiger partial charge in [0.05, 0.1) is 11.7 Å². The lowest BCUT2D eigenvalue weighted by Gasteiger charge is -2.27. The van der Waals surface area contributed by atoms with Gasteiger partial charge in [-0.15, -0.1) is 0 Å². The first-order valence-electron chi connectivity index (χ1n) is 12.1. The Balaban J connectivity index is 1.47. The van der Waals surface area contributed by atoms with Crippen LogP contribution in [0.1, 0.15) is 26.3 Å². The molecule has 1 aromatic heterocycles. The van der Waals surface area contributed by atoms with Crippen LogP contribution in [0.15, 0.2) is 102 Å². The first-order chi connectivity index (χ1) is 16.9. The van der Waals surface area contributed by atoms with Crippen molar-refractivity contribution in [3.05, 3.63) is 103 Å². The van der Waals surface area contributed by atoms with Gasteiger partial charge < -0.3 is 18.6 Å². The van der Waals surface area contributed by atoms with Crippen LogP contribution >= 0.6 is 0 Å². The lowest BCUT2D eigenvalue weighted by Crippen LogP contribution is -2.34. The van der Waals surface area contributed by atoms with Gasteiger partial charge in [-0.25, -0.2) is 0 Å². The number of hydrogen-bond acceptors (Lipinski definition) is 4. The lowest BCUT2D eigenvalue weighted by molar-refractivity contribution is 0.0842. The molecule has 0 N–H and O–H groups in total. The second kappa shape index (κ2) is 8.30. The van der Waals surface area contributed by atoms with E-state index >= 15 is 0 Å². The smallest absolute Gasteiger partial charge is 0.456 e. The minimum atomic E-state index is -0.389. The number of nitrogens with zero attached hydrogens (tertiary/aromatic N) is 1. The number of para-hydroxylation sites is 1. The average Bonchev–Trinajstić information content (AvgIpc) is 3.36. The van der Waals surface area contributed by atoms with Crippen LogP contribution in [-0.4, -0.2) is 18.8 Å². The molecule has 3 heterocycles. The molecule has 0 saturated carbocycles. The summed E-state index contributed by atoms with van der Waals surface area (Å²) in [6.07, 6.45) is 9.22. The Kier molecular flexibility index (Phi) is 5.21. The maximum absolute atomic E-state index is 6.21. The van der Waals surface area contributed by atoms with E-state index in [-0.39, 0.29) is 18.8 Å². The highest BCUT2D eigenvalue weighted by Crippen LogP contribution is 2.38. The van der Waals surface area contributed by atoms with Gasteiger partial charge in [0.25, 0.3) is 0 Å². The summed E-state index contributed by atoms with van der Waals surface area (Å²) in [6, 6.07) is 21.0. The van der Waals surface area contributed by atoms with E-state index in [0.29, 0.717) is 0 Å². The van der Waals surface area contributed by atoms with Crippen molar-refractivity contribution in [1.82, 2.24) is 0 Å². The van der Waals surface area contributed by atoms with Crippen LogP contribution in [0.25, 0.3) is 21.9 Å². The van der Waals surface area contributed by atoms with E-state index in [4.69, 9.17) is 13.7 Å². The summed E-state index contributed by atoms with van der Waals surface area (Å²) in [4.78, 5) is 2.22. The fourth-order valence-corrected chi connectivity index (χ4v) is 4.84. The molecule has 4 nitrogen and oxygen atoms in total. The molecule has 0 bridgehead atoms. The van der Waals surface area contributed by atoms with Crippen molar-refractivity contribution in [2.24, 2.45) is 0 Å². The monoisotopic (exact) mass is 461 g/mol. The summed E-state index contributed by atoms with van der Waals surface area (Å²) in [6.45, 7) is 10.6. The van der Waals surface area contributed by atoms with Crippen molar-refractivity contribution in [3.8, 4) is 0 Å². The maximum Gasteiger partial charge on any atom is 0.494 e. The third-order valence-electron chi connectivity index (χ3n) is 7.12. The molecule has 0 amide bonds. The van der Waals surface area contributed by atoms with Crippen molar-refractivity contribution in [1.29, 1.82) is 0 Å². The highest BCUT2D eigenvalue weighted by molar-refractivity contribution is 6.62. The minimum Gasteiger partial charge on any atom is -0.456 e. The summed E-state index contributed by atoms with van der Waals surface area (Å²) in [7, 11) is -0.389. The van der Waals surface area contributed by atoms with E-state index in [2.05, 4.69) is 86.9 Å². The zero-order valence-electron chi connectivity index (χ0n) is 20.3. The molecule has 0 spiro atoms. The molecule has 1 saturated heterocycles. The van der Waals surface area contributed by atoms with Gasteiger partial charge in [-0.05, 0) is 74.6 Å². The molecule has 0 aliphatic carbocycles. The Hall–Kier alpha value is -3.54. The Labute approximate surface area is 206 Å². The number of benzene rings is 3. The molecular formula is C30H28BNO3. The van der Waals surface area contributed by atoms with E-state index < -0.39 is 0 Å². The highest BCUT2D eigenvalue weighted by atomic mass is 16.7. The fraction of sp³-hybridized carbons (Fsp3) is 0.200. The van der Waals surface area contributed by atoms with E-state index in [0.717, 1.165) is 50.9 Å². The topological polar surface area (TPSA) is 34.8 Å². The van der Waals surface area contributed by atoms with E-state index in [9.17, 15) is 0 Å². The van der Waals surface area contributed by atoms with Crippen LogP contribution in [0.2, 0.25) is 0 Å². The Morgan fingerprint density at radius 2 is 1.74 bits per heavy atom. The van der Waals surface area contributed by atoms with E-state index in [1.165, 1.54) is 5.56 Å². The highest BCUT2D eigenvalue weighted by Gasteiger charge is 2.43. The molecule has 174 valence electrons. The number of anilines is 2. The summed E-state index contributed by atoms with van der Waals surface area (Å²) in [5, 5.41) is 2.10. The van der Waals surface area contributed by atoms with E-state index in [1.807, 2.05) is 30.4 Å². The van der Waals surface area contributed by atoms with Gasteiger partial charge in [0.2, 0.25) is 0 Å². The Morgan fingerprint density at radius 1 is 0.971 bits per heavy atom. The van der Waals surface area contributed by atoms with Crippen molar-refractivity contribution in [2.45, 2.75) is 38.9 Å². The lowest BCUT2D eigenvalue weighted by atomic mass is 9.78. The molecule has 6 rings (SSSR count). The zero-order valence-corrected chi connectivity index (χ0v) is 20.3. The van der Waals surface area contributed by atoms with Gasteiger partial charge >= 0.3 is 7.12 Å². The molecule has 3 aromatic carbocycles. The van der Waals surface area contributed by atoms with E-state index in [1.54, 1.807) is 0 Å². The number of hydrogen-bond donors (Lipinski definition) is 0. The molecule has 2 aliphatic heterocycles. The maximum atomic E-state index is 6.21. The Bertz CT molecular complexity index is 1510. The largest absolute Gasteiger partial charge is 0.494 e. The number of allylic oxidation sites excluding steroid dienone is 4. The summed E-state index contributed by atoms with van der Waals surface area (Å²) in [5.41, 5.74) is 6.69. The van der Waals surface area contributed by atoms with Crippen molar-refractivity contribution < 1.29 is 13.7 Å². The second-order valence-electron chi connectivity index (χ2n) is 9.82. The second-order valence-corrected chi connectivity index (χ2v) is 9.82. The minimum absolute atomic E-state index is 0.0146. The first kappa shape index (κ1) is 22.0. The molecule has 0 radical (unpaired) electrons. The summed E-state index contributed by atoms with van der Waals surface area (Å²) >= 11 is 0. The summed E-state index contributed by atoms with van der Waals surface area (Å²) in [5.74, 6) is 0. The molecular weight excluding hydrogens is 433 g/mol. The van der Waals surface area contributed by atoms with Crippen LogP contribution in [0.4, 0.5) is 11.4 Å². The quantitative estimate of drug-likeness (QED) is 0.307. The molecule has 35 heavy (non-hydrogen) atoms. The third-order valence-corrected chi connectivity index (χ3v) is 7.12. The third kappa shape index (κ3) is 3.81. The van der Waals surface area contributed by atoms with Gasteiger partial charge in [-0.2, -0.15) is 0 Å². The van der Waals surface area contributed by atoms with Gasteiger partial charge in [-0.1, -0.05) is 55.1 Å².